The van der Waals surface area contributed by atoms with Gasteiger partial charge in [-0.3, -0.25) is 4.79 Å². The second kappa shape index (κ2) is 8.68. The molecule has 30 heavy (non-hydrogen) atoms. The summed E-state index contributed by atoms with van der Waals surface area (Å²) < 4.78 is 44.9. The van der Waals surface area contributed by atoms with Crippen LogP contribution in [0.2, 0.25) is 5.02 Å². The van der Waals surface area contributed by atoms with E-state index in [1.165, 1.54) is 50.5 Å². The highest BCUT2D eigenvalue weighted by molar-refractivity contribution is 7.89. The van der Waals surface area contributed by atoms with Crippen molar-refractivity contribution < 1.29 is 27.1 Å². The third-order valence-corrected chi connectivity index (χ3v) is 7.39. The van der Waals surface area contributed by atoms with Gasteiger partial charge in [0.2, 0.25) is 10.0 Å². The number of benzene rings is 2. The number of esters is 1. The molecule has 3 aromatic rings. The summed E-state index contributed by atoms with van der Waals surface area (Å²) in [4.78, 5) is 24.3. The Morgan fingerprint density at radius 1 is 1.20 bits per heavy atom. The normalized spacial score (nSPS) is 11.6. The average Bonchev–Trinajstić information content (AvgIpc) is 3.13. The van der Waals surface area contributed by atoms with Crippen molar-refractivity contribution in [1.29, 1.82) is 0 Å². The zero-order chi connectivity index (χ0) is 22.1. The lowest BCUT2D eigenvalue weighted by Crippen LogP contribution is -2.23. The van der Waals surface area contributed by atoms with Crippen LogP contribution in [-0.2, 0) is 19.6 Å². The van der Waals surface area contributed by atoms with Gasteiger partial charge in [0.25, 0.3) is 5.91 Å². The molecule has 0 aliphatic rings. The van der Waals surface area contributed by atoms with Gasteiger partial charge in [-0.15, -0.1) is 11.3 Å². The van der Waals surface area contributed by atoms with Crippen molar-refractivity contribution in [1.82, 2.24) is 4.31 Å². The molecule has 1 aromatic heterocycles. The Kier molecular flexibility index (Phi) is 6.41. The van der Waals surface area contributed by atoms with E-state index in [-0.39, 0.29) is 20.5 Å². The lowest BCUT2D eigenvalue weighted by atomic mass is 10.2. The molecule has 2 aromatic carbocycles. The number of hydrogen-bond acceptors (Lipinski definition) is 6. The molecule has 0 unspecified atom stereocenters. The minimum Gasteiger partial charge on any atom is -0.451 e. The molecule has 3 rings (SSSR count). The largest absolute Gasteiger partial charge is 0.451 e. The van der Waals surface area contributed by atoms with Crippen LogP contribution in [0.4, 0.5) is 10.1 Å². The van der Waals surface area contributed by atoms with E-state index in [1.54, 1.807) is 6.07 Å². The Bertz CT molecular complexity index is 1240. The molecule has 11 heteroatoms. The predicted octanol–water partition coefficient (Wildman–Crippen LogP) is 3.74. The molecule has 0 radical (unpaired) electrons. The fraction of sp³-hybridized carbons (Fsp3) is 0.158. The summed E-state index contributed by atoms with van der Waals surface area (Å²) >= 11 is 7.01. The highest BCUT2D eigenvalue weighted by atomic mass is 35.5. The molecule has 0 spiro atoms. The number of anilines is 1. The molecule has 0 aliphatic heterocycles. The fourth-order valence-electron chi connectivity index (χ4n) is 2.50. The third-order valence-electron chi connectivity index (χ3n) is 4.02. The minimum absolute atomic E-state index is 0.00474. The standard InChI is InChI=1S/C19H16ClFN2O5S2/c1-23(2)30(26,27)17-8-11(6-7-13(17)20)22-18(24)10-28-19(25)16-9-12-14(21)4-3-5-15(12)29-16/h3-9H,10H2,1-2H3,(H,22,24). The SMILES string of the molecule is CN(C)S(=O)(=O)c1cc(NC(=O)COC(=O)c2cc3c(F)cccc3s2)ccc1Cl. The first kappa shape index (κ1) is 22.2. The van der Waals surface area contributed by atoms with E-state index in [9.17, 15) is 22.4 Å². The van der Waals surface area contributed by atoms with Gasteiger partial charge in [-0.2, -0.15) is 0 Å². The van der Waals surface area contributed by atoms with E-state index in [1.807, 2.05) is 0 Å². The lowest BCUT2D eigenvalue weighted by molar-refractivity contribution is -0.119. The summed E-state index contributed by atoms with van der Waals surface area (Å²) in [5, 5.41) is 2.75. The Balaban J connectivity index is 1.67. The number of fused-ring (bicyclic) bond motifs is 1. The van der Waals surface area contributed by atoms with Gasteiger partial charge in [-0.1, -0.05) is 17.7 Å². The van der Waals surface area contributed by atoms with E-state index < -0.39 is 34.3 Å². The fourth-order valence-corrected chi connectivity index (χ4v) is 4.86. The number of nitrogens with one attached hydrogen (secondary N) is 1. The van der Waals surface area contributed by atoms with Crippen molar-refractivity contribution in [2.45, 2.75) is 4.90 Å². The molecule has 1 N–H and O–H groups in total. The van der Waals surface area contributed by atoms with E-state index in [4.69, 9.17) is 16.3 Å². The molecule has 0 atom stereocenters. The molecule has 0 saturated carbocycles. The second-order valence-electron chi connectivity index (χ2n) is 6.32. The van der Waals surface area contributed by atoms with Crippen molar-refractivity contribution in [2.24, 2.45) is 0 Å². The number of hydrogen-bond donors (Lipinski definition) is 1. The van der Waals surface area contributed by atoms with Crippen molar-refractivity contribution in [3.05, 3.63) is 58.2 Å². The summed E-state index contributed by atoms with van der Waals surface area (Å²) in [6.45, 7) is -0.603. The Morgan fingerprint density at radius 2 is 1.93 bits per heavy atom. The van der Waals surface area contributed by atoms with Crippen LogP contribution in [0.15, 0.2) is 47.4 Å². The summed E-state index contributed by atoms with van der Waals surface area (Å²) in [6, 6.07) is 9.84. The molecule has 7 nitrogen and oxygen atoms in total. The van der Waals surface area contributed by atoms with E-state index >= 15 is 0 Å². The van der Waals surface area contributed by atoms with Crippen LogP contribution in [0.25, 0.3) is 10.1 Å². The first-order chi connectivity index (χ1) is 14.1. The van der Waals surface area contributed by atoms with Crippen LogP contribution < -0.4 is 5.32 Å². The van der Waals surface area contributed by atoms with Gasteiger partial charge < -0.3 is 10.1 Å². The first-order valence-corrected chi connectivity index (χ1v) is 11.1. The maximum absolute atomic E-state index is 13.7. The van der Waals surface area contributed by atoms with Crippen LogP contribution in [0, 0.1) is 5.82 Å². The maximum Gasteiger partial charge on any atom is 0.348 e. The number of carbonyl (C=O) groups excluding carboxylic acids is 2. The Labute approximate surface area is 181 Å². The number of ether oxygens (including phenoxy) is 1. The molecular weight excluding hydrogens is 455 g/mol. The Hall–Kier alpha value is -2.53. The molecule has 1 heterocycles. The smallest absolute Gasteiger partial charge is 0.348 e. The molecule has 0 bridgehead atoms. The van der Waals surface area contributed by atoms with Gasteiger partial charge in [0, 0.05) is 29.9 Å². The highest BCUT2D eigenvalue weighted by Gasteiger charge is 2.22. The minimum atomic E-state index is -3.81. The van der Waals surface area contributed by atoms with Crippen LogP contribution in [0.3, 0.4) is 0 Å². The summed E-state index contributed by atoms with van der Waals surface area (Å²) in [7, 11) is -1.09. The second-order valence-corrected chi connectivity index (χ2v) is 9.93. The van der Waals surface area contributed by atoms with Gasteiger partial charge in [0.05, 0.1) is 5.02 Å². The van der Waals surface area contributed by atoms with E-state index in [0.29, 0.717) is 10.1 Å². The van der Waals surface area contributed by atoms with Gasteiger partial charge in [-0.25, -0.2) is 21.9 Å². The zero-order valence-corrected chi connectivity index (χ0v) is 18.2. The number of rotatable bonds is 6. The summed E-state index contributed by atoms with van der Waals surface area (Å²) in [5.41, 5.74) is 0.171. The summed E-state index contributed by atoms with van der Waals surface area (Å²) in [5.74, 6) is -1.89. The first-order valence-electron chi connectivity index (χ1n) is 8.46. The van der Waals surface area contributed by atoms with Crippen molar-refractivity contribution in [3.63, 3.8) is 0 Å². The van der Waals surface area contributed by atoms with E-state index in [2.05, 4.69) is 5.32 Å². The van der Waals surface area contributed by atoms with Crippen LogP contribution in [0.5, 0.6) is 0 Å². The van der Waals surface area contributed by atoms with Crippen LogP contribution in [0.1, 0.15) is 9.67 Å². The van der Waals surface area contributed by atoms with Gasteiger partial charge in [-0.05, 0) is 36.4 Å². The highest BCUT2D eigenvalue weighted by Crippen LogP contribution is 2.28. The average molecular weight is 471 g/mol. The molecular formula is C19H16ClFN2O5S2. The quantitative estimate of drug-likeness (QED) is 0.554. The summed E-state index contributed by atoms with van der Waals surface area (Å²) in [6.07, 6.45) is 0. The van der Waals surface area contributed by atoms with Gasteiger partial charge in [0.15, 0.2) is 6.61 Å². The molecule has 0 aliphatic carbocycles. The molecule has 1 amide bonds. The third kappa shape index (κ3) is 4.62. The molecule has 0 saturated heterocycles. The Morgan fingerprint density at radius 3 is 2.60 bits per heavy atom. The molecule has 0 fully saturated rings. The number of halogens is 2. The van der Waals surface area contributed by atoms with Gasteiger partial charge in [0.1, 0.15) is 15.6 Å². The van der Waals surface area contributed by atoms with Crippen molar-refractivity contribution >= 4 is 60.6 Å². The number of thiophene rings is 1. The lowest BCUT2D eigenvalue weighted by Gasteiger charge is -2.14. The van der Waals surface area contributed by atoms with Crippen LogP contribution >= 0.6 is 22.9 Å². The van der Waals surface area contributed by atoms with Crippen LogP contribution in [-0.4, -0.2) is 45.3 Å². The number of nitrogens with zero attached hydrogens (tertiary/aromatic N) is 1. The zero-order valence-electron chi connectivity index (χ0n) is 15.8. The monoisotopic (exact) mass is 470 g/mol. The number of sulfonamides is 1. The number of carbonyl (C=O) groups is 2. The van der Waals surface area contributed by atoms with Gasteiger partial charge >= 0.3 is 5.97 Å². The number of amides is 1. The van der Waals surface area contributed by atoms with Crippen molar-refractivity contribution in [2.75, 3.05) is 26.0 Å². The van der Waals surface area contributed by atoms with Crippen molar-refractivity contribution in [3.8, 4) is 0 Å². The molecule has 158 valence electrons. The topological polar surface area (TPSA) is 92.8 Å². The van der Waals surface area contributed by atoms with E-state index in [0.717, 1.165) is 15.6 Å². The predicted molar refractivity (Wildman–Crippen MR) is 113 cm³/mol. The maximum atomic E-state index is 13.7.